The molecule has 0 heterocycles. The summed E-state index contributed by atoms with van der Waals surface area (Å²) >= 11 is 0. The minimum absolute atomic E-state index is 0.0638. The first-order chi connectivity index (χ1) is 16.9. The van der Waals surface area contributed by atoms with Crippen LogP contribution in [-0.2, 0) is 30.4 Å². The van der Waals surface area contributed by atoms with Gasteiger partial charge in [-0.3, -0.25) is 19.2 Å². The third kappa shape index (κ3) is 9.88. The lowest BCUT2D eigenvalue weighted by Crippen LogP contribution is -2.59. The molecule has 0 aliphatic carbocycles. The molecule has 0 aromatic heterocycles. The van der Waals surface area contributed by atoms with E-state index >= 15 is 0 Å². The summed E-state index contributed by atoms with van der Waals surface area (Å²) in [6.45, 7) is 2.62. The Labute approximate surface area is 208 Å². The highest BCUT2D eigenvalue weighted by molar-refractivity contribution is 5.94. The Hall–Kier alpha value is -3.71. The zero-order valence-electron chi connectivity index (χ0n) is 20.3. The van der Waals surface area contributed by atoms with E-state index in [0.717, 1.165) is 0 Å². The standard InChI is InChI=1S/C23H35N5O8/c1-3-12(2)19(28-20(32)15(24)10-13-4-6-14(30)7-5-13)22(34)26-16(8-9-18(25)31)21(33)27-17(11-29)23(35)36/h4-7,12,15-17,19,29-30H,3,8-11,24H2,1-2H3,(H2,25,31)(H,26,34)(H,27,33)(H,28,32)(H,35,36). The summed E-state index contributed by atoms with van der Waals surface area (Å²) in [6, 6.07) is 1.06. The number of aliphatic carboxylic acids is 1. The number of aliphatic hydroxyl groups is 1. The molecule has 1 rings (SSSR count). The highest BCUT2D eigenvalue weighted by Crippen LogP contribution is 2.13. The first-order valence-corrected chi connectivity index (χ1v) is 11.5. The molecule has 5 unspecified atom stereocenters. The second kappa shape index (κ2) is 14.6. The van der Waals surface area contributed by atoms with Crippen LogP contribution in [0.25, 0.3) is 0 Å². The second-order valence-corrected chi connectivity index (χ2v) is 8.50. The lowest BCUT2D eigenvalue weighted by molar-refractivity contribution is -0.143. The summed E-state index contributed by atoms with van der Waals surface area (Å²) in [4.78, 5) is 60.8. The number of nitrogens with two attached hydrogens (primary N) is 2. The average Bonchev–Trinajstić information content (AvgIpc) is 2.83. The van der Waals surface area contributed by atoms with Crippen molar-refractivity contribution in [2.45, 2.75) is 63.7 Å². The number of aliphatic hydroxyl groups excluding tert-OH is 1. The number of benzene rings is 1. The molecule has 10 N–H and O–H groups in total. The van der Waals surface area contributed by atoms with Crippen molar-refractivity contribution in [3.8, 4) is 5.75 Å². The molecule has 0 bridgehead atoms. The van der Waals surface area contributed by atoms with Gasteiger partial charge in [-0.05, 0) is 36.5 Å². The van der Waals surface area contributed by atoms with Crippen LogP contribution >= 0.6 is 0 Å². The summed E-state index contributed by atoms with van der Waals surface area (Å²) in [7, 11) is 0. The summed E-state index contributed by atoms with van der Waals surface area (Å²) in [5.74, 6) is -4.84. The van der Waals surface area contributed by atoms with E-state index in [0.29, 0.717) is 12.0 Å². The van der Waals surface area contributed by atoms with E-state index in [4.69, 9.17) is 21.7 Å². The van der Waals surface area contributed by atoms with Gasteiger partial charge in [0, 0.05) is 6.42 Å². The highest BCUT2D eigenvalue weighted by Gasteiger charge is 2.32. The first-order valence-electron chi connectivity index (χ1n) is 11.5. The zero-order valence-corrected chi connectivity index (χ0v) is 20.3. The minimum atomic E-state index is -1.62. The molecule has 4 amide bonds. The van der Waals surface area contributed by atoms with Gasteiger partial charge in [0.15, 0.2) is 0 Å². The van der Waals surface area contributed by atoms with Crippen molar-refractivity contribution in [2.24, 2.45) is 17.4 Å². The Morgan fingerprint density at radius 2 is 1.53 bits per heavy atom. The van der Waals surface area contributed by atoms with E-state index in [2.05, 4.69) is 16.0 Å². The number of amides is 4. The Morgan fingerprint density at radius 1 is 0.944 bits per heavy atom. The van der Waals surface area contributed by atoms with Crippen molar-refractivity contribution in [2.75, 3.05) is 6.61 Å². The number of hydrogen-bond donors (Lipinski definition) is 8. The van der Waals surface area contributed by atoms with E-state index < -0.39 is 60.4 Å². The lowest BCUT2D eigenvalue weighted by atomic mass is 9.96. The number of phenolic OH excluding ortho intramolecular Hbond substituents is 1. The predicted octanol–water partition coefficient (Wildman–Crippen LogP) is -1.90. The molecule has 5 atom stereocenters. The molecule has 0 saturated heterocycles. The number of carboxylic acid groups (broad SMARTS) is 1. The zero-order chi connectivity index (χ0) is 27.4. The molecule has 36 heavy (non-hydrogen) atoms. The summed E-state index contributed by atoms with van der Waals surface area (Å²) in [5.41, 5.74) is 11.8. The van der Waals surface area contributed by atoms with Gasteiger partial charge in [-0.1, -0.05) is 32.4 Å². The van der Waals surface area contributed by atoms with Gasteiger partial charge in [-0.25, -0.2) is 4.79 Å². The number of carboxylic acids is 1. The molecule has 200 valence electrons. The van der Waals surface area contributed by atoms with Crippen LogP contribution in [-0.4, -0.2) is 75.7 Å². The van der Waals surface area contributed by atoms with E-state index in [1.54, 1.807) is 26.0 Å². The molecular formula is C23H35N5O8. The maximum atomic E-state index is 13.1. The molecule has 0 fully saturated rings. The highest BCUT2D eigenvalue weighted by atomic mass is 16.4. The van der Waals surface area contributed by atoms with E-state index in [1.807, 2.05) is 0 Å². The molecule has 13 nitrogen and oxygen atoms in total. The lowest BCUT2D eigenvalue weighted by Gasteiger charge is -2.27. The number of rotatable bonds is 15. The van der Waals surface area contributed by atoms with Gasteiger partial charge < -0.3 is 42.7 Å². The van der Waals surface area contributed by atoms with Gasteiger partial charge in [0.2, 0.25) is 23.6 Å². The van der Waals surface area contributed by atoms with Gasteiger partial charge in [-0.15, -0.1) is 0 Å². The SMILES string of the molecule is CCC(C)C(NC(=O)C(N)Cc1ccc(O)cc1)C(=O)NC(CCC(N)=O)C(=O)NC(CO)C(=O)O. The molecule has 0 aliphatic heterocycles. The van der Waals surface area contributed by atoms with Crippen molar-refractivity contribution in [1.29, 1.82) is 0 Å². The third-order valence-electron chi connectivity index (χ3n) is 5.63. The summed E-state index contributed by atoms with van der Waals surface area (Å²) < 4.78 is 0. The number of aromatic hydroxyl groups is 1. The fraction of sp³-hybridized carbons (Fsp3) is 0.522. The smallest absolute Gasteiger partial charge is 0.328 e. The molecule has 0 spiro atoms. The molecule has 1 aromatic rings. The molecule has 0 radical (unpaired) electrons. The number of hydrogen-bond acceptors (Lipinski definition) is 8. The van der Waals surface area contributed by atoms with Crippen LogP contribution in [0.4, 0.5) is 0 Å². The maximum Gasteiger partial charge on any atom is 0.328 e. The molecule has 0 saturated carbocycles. The van der Waals surface area contributed by atoms with Crippen LogP contribution < -0.4 is 27.4 Å². The number of primary amides is 1. The van der Waals surface area contributed by atoms with Crippen LogP contribution in [0.1, 0.15) is 38.7 Å². The molecule has 0 aliphatic rings. The van der Waals surface area contributed by atoms with E-state index in [1.165, 1.54) is 12.1 Å². The van der Waals surface area contributed by atoms with Gasteiger partial charge in [0.1, 0.15) is 23.9 Å². The van der Waals surface area contributed by atoms with E-state index in [9.17, 15) is 29.1 Å². The quantitative estimate of drug-likeness (QED) is 0.132. The molecule has 1 aromatic carbocycles. The minimum Gasteiger partial charge on any atom is -0.508 e. The van der Waals surface area contributed by atoms with E-state index in [-0.39, 0.29) is 30.9 Å². The van der Waals surface area contributed by atoms with Gasteiger partial charge in [0.25, 0.3) is 0 Å². The second-order valence-electron chi connectivity index (χ2n) is 8.50. The fourth-order valence-corrected chi connectivity index (χ4v) is 3.22. The Balaban J connectivity index is 2.98. The van der Waals surface area contributed by atoms with Crippen molar-refractivity contribution in [3.63, 3.8) is 0 Å². The van der Waals surface area contributed by atoms with Crippen molar-refractivity contribution in [3.05, 3.63) is 29.8 Å². The monoisotopic (exact) mass is 509 g/mol. The van der Waals surface area contributed by atoms with Crippen LogP contribution in [0, 0.1) is 5.92 Å². The number of nitrogens with one attached hydrogen (secondary N) is 3. The van der Waals surface area contributed by atoms with Crippen molar-refractivity contribution in [1.82, 2.24) is 16.0 Å². The van der Waals surface area contributed by atoms with Crippen molar-refractivity contribution >= 4 is 29.6 Å². The van der Waals surface area contributed by atoms with Gasteiger partial charge in [-0.2, -0.15) is 0 Å². The first kappa shape index (κ1) is 30.3. The Kier molecular flexibility index (Phi) is 12.3. The van der Waals surface area contributed by atoms with Crippen LogP contribution in [0.2, 0.25) is 0 Å². The molecule has 13 heteroatoms. The normalized spacial score (nSPS) is 15.0. The van der Waals surface area contributed by atoms with Crippen LogP contribution in [0.5, 0.6) is 5.75 Å². The van der Waals surface area contributed by atoms with Gasteiger partial charge >= 0.3 is 5.97 Å². The van der Waals surface area contributed by atoms with Crippen LogP contribution in [0.15, 0.2) is 24.3 Å². The largest absolute Gasteiger partial charge is 0.508 e. The Morgan fingerprint density at radius 3 is 2.03 bits per heavy atom. The fourth-order valence-electron chi connectivity index (χ4n) is 3.22. The maximum absolute atomic E-state index is 13.1. The predicted molar refractivity (Wildman–Crippen MR) is 128 cm³/mol. The topological polar surface area (TPSA) is 234 Å². The summed E-state index contributed by atoms with van der Waals surface area (Å²) in [6.07, 6.45) is 0.108. The average molecular weight is 510 g/mol. The van der Waals surface area contributed by atoms with Gasteiger partial charge in [0.05, 0.1) is 12.6 Å². The Bertz CT molecular complexity index is 924. The van der Waals surface area contributed by atoms with Crippen LogP contribution in [0.3, 0.4) is 0 Å². The third-order valence-corrected chi connectivity index (χ3v) is 5.63. The van der Waals surface area contributed by atoms with Crippen molar-refractivity contribution < 1.29 is 39.3 Å². The number of carbonyl (C=O) groups is 5. The molecular weight excluding hydrogens is 474 g/mol. The number of carbonyl (C=O) groups excluding carboxylic acids is 4. The number of phenols is 1. The summed E-state index contributed by atoms with van der Waals surface area (Å²) in [5, 5.41) is 34.7.